The van der Waals surface area contributed by atoms with Crippen LogP contribution in [0.15, 0.2) is 36.8 Å². The minimum Gasteiger partial charge on any atom is -0.364 e. The number of anilines is 3. The van der Waals surface area contributed by atoms with Gasteiger partial charge in [-0.1, -0.05) is 0 Å². The number of nitrogens with zero attached hydrogens (tertiary/aromatic N) is 3. The van der Waals surface area contributed by atoms with Crippen LogP contribution in [-0.4, -0.2) is 33.9 Å². The minimum absolute atomic E-state index is 0.0240. The Hall–Kier alpha value is -2.96. The van der Waals surface area contributed by atoms with Gasteiger partial charge < -0.3 is 15.5 Å². The molecule has 28 heavy (non-hydrogen) atoms. The SMILES string of the molecule is O=C(Nc1cnccc1N1[C@H]2CC[C@@H]1CC2)c1ccnc(NC(=O)C2CC2)c1. The Balaban J connectivity index is 1.34. The standard InChI is InChI=1S/C21H23N5O2/c27-20(13-1-2-13)25-19-11-14(7-10-23-19)21(28)24-17-12-22-9-8-18(17)26-15-3-4-16(26)6-5-15/h7-13,15-16H,1-6H2,(H,24,28)(H,23,25,27)/t15-,16+. The van der Waals surface area contributed by atoms with E-state index in [1.165, 1.54) is 25.7 Å². The van der Waals surface area contributed by atoms with Gasteiger partial charge in [-0.3, -0.25) is 14.6 Å². The third-order valence-electron chi connectivity index (χ3n) is 6.00. The van der Waals surface area contributed by atoms with Gasteiger partial charge >= 0.3 is 0 Å². The molecule has 0 aromatic carbocycles. The Morgan fingerprint density at radius 1 is 0.964 bits per heavy atom. The van der Waals surface area contributed by atoms with Crippen molar-refractivity contribution in [3.63, 3.8) is 0 Å². The lowest BCUT2D eigenvalue weighted by molar-refractivity contribution is -0.117. The Bertz CT molecular complexity index is 907. The van der Waals surface area contributed by atoms with Crippen LogP contribution in [0.2, 0.25) is 0 Å². The molecule has 2 amide bonds. The van der Waals surface area contributed by atoms with Crippen molar-refractivity contribution in [3.8, 4) is 0 Å². The first kappa shape index (κ1) is 17.2. The highest BCUT2D eigenvalue weighted by atomic mass is 16.2. The maximum atomic E-state index is 12.8. The van der Waals surface area contributed by atoms with Gasteiger partial charge in [0.2, 0.25) is 5.91 Å². The summed E-state index contributed by atoms with van der Waals surface area (Å²) in [6.45, 7) is 0. The van der Waals surface area contributed by atoms with E-state index in [1.54, 1.807) is 30.7 Å². The predicted octanol–water partition coefficient (Wildman–Crippen LogP) is 3.21. The van der Waals surface area contributed by atoms with E-state index >= 15 is 0 Å². The van der Waals surface area contributed by atoms with Gasteiger partial charge in [0.1, 0.15) is 5.82 Å². The van der Waals surface area contributed by atoms with E-state index in [1.807, 2.05) is 6.07 Å². The van der Waals surface area contributed by atoms with Crippen LogP contribution in [0, 0.1) is 5.92 Å². The van der Waals surface area contributed by atoms with Gasteiger partial charge in [0.15, 0.2) is 0 Å². The van der Waals surface area contributed by atoms with Crippen LogP contribution in [0.4, 0.5) is 17.2 Å². The van der Waals surface area contributed by atoms with Crippen LogP contribution in [0.5, 0.6) is 0 Å². The number of aromatic nitrogens is 2. The normalized spacial score (nSPS) is 22.9. The molecule has 1 aliphatic carbocycles. The molecule has 2 N–H and O–H groups in total. The molecule has 3 fully saturated rings. The Kier molecular flexibility index (Phi) is 4.22. The van der Waals surface area contributed by atoms with E-state index in [9.17, 15) is 9.59 Å². The molecule has 7 nitrogen and oxygen atoms in total. The second-order valence-electron chi connectivity index (χ2n) is 7.91. The molecular weight excluding hydrogens is 354 g/mol. The van der Waals surface area contributed by atoms with Gasteiger partial charge in [0.25, 0.3) is 5.91 Å². The molecule has 2 aliphatic heterocycles. The van der Waals surface area contributed by atoms with Crippen LogP contribution in [0.3, 0.4) is 0 Å². The summed E-state index contributed by atoms with van der Waals surface area (Å²) in [6, 6.07) is 6.38. The van der Waals surface area contributed by atoms with Gasteiger partial charge in [-0.15, -0.1) is 0 Å². The van der Waals surface area contributed by atoms with Crippen LogP contribution < -0.4 is 15.5 Å². The molecule has 7 heteroatoms. The van der Waals surface area contributed by atoms with E-state index in [2.05, 4.69) is 25.5 Å². The van der Waals surface area contributed by atoms with Gasteiger partial charge in [0.05, 0.1) is 17.6 Å². The zero-order valence-corrected chi connectivity index (χ0v) is 15.6. The van der Waals surface area contributed by atoms with E-state index in [4.69, 9.17) is 0 Å². The summed E-state index contributed by atoms with van der Waals surface area (Å²) in [4.78, 5) is 35.6. The molecule has 5 rings (SSSR count). The average molecular weight is 377 g/mol. The first-order valence-corrected chi connectivity index (χ1v) is 9.99. The molecule has 1 saturated carbocycles. The summed E-state index contributed by atoms with van der Waals surface area (Å²) in [5.74, 6) is 0.246. The fourth-order valence-corrected chi connectivity index (χ4v) is 4.42. The third-order valence-corrected chi connectivity index (χ3v) is 6.00. The summed E-state index contributed by atoms with van der Waals surface area (Å²) in [7, 11) is 0. The van der Waals surface area contributed by atoms with Crippen molar-refractivity contribution >= 4 is 29.0 Å². The average Bonchev–Trinajstić information content (AvgIpc) is 3.41. The molecular formula is C21H23N5O2. The molecule has 2 aromatic heterocycles. The largest absolute Gasteiger partial charge is 0.364 e. The summed E-state index contributed by atoms with van der Waals surface area (Å²) in [5.41, 5.74) is 2.23. The maximum absolute atomic E-state index is 12.8. The van der Waals surface area contributed by atoms with Crippen LogP contribution in [-0.2, 0) is 4.79 Å². The maximum Gasteiger partial charge on any atom is 0.255 e. The highest BCUT2D eigenvalue weighted by Crippen LogP contribution is 2.43. The monoisotopic (exact) mass is 377 g/mol. The molecule has 2 bridgehead atoms. The van der Waals surface area contributed by atoms with Crippen molar-refractivity contribution in [2.75, 3.05) is 15.5 Å². The summed E-state index contributed by atoms with van der Waals surface area (Å²) < 4.78 is 0. The first-order valence-electron chi connectivity index (χ1n) is 9.99. The first-order chi connectivity index (χ1) is 13.7. The van der Waals surface area contributed by atoms with Crippen LogP contribution in [0.25, 0.3) is 0 Å². The number of carbonyl (C=O) groups excluding carboxylic acids is 2. The highest BCUT2D eigenvalue weighted by molar-refractivity contribution is 6.06. The number of hydrogen-bond donors (Lipinski definition) is 2. The number of nitrogens with one attached hydrogen (secondary N) is 2. The lowest BCUT2D eigenvalue weighted by Gasteiger charge is -2.26. The number of carbonyl (C=O) groups is 2. The fraction of sp³-hybridized carbons (Fsp3) is 0.429. The minimum atomic E-state index is -0.231. The zero-order valence-electron chi connectivity index (χ0n) is 15.6. The predicted molar refractivity (Wildman–Crippen MR) is 106 cm³/mol. The number of hydrogen-bond acceptors (Lipinski definition) is 5. The van der Waals surface area contributed by atoms with E-state index in [0.717, 1.165) is 24.2 Å². The summed E-state index contributed by atoms with van der Waals surface area (Å²) in [5, 5.41) is 5.79. The van der Waals surface area contributed by atoms with Crippen molar-refractivity contribution in [1.82, 2.24) is 9.97 Å². The van der Waals surface area contributed by atoms with Crippen molar-refractivity contribution in [2.45, 2.75) is 50.6 Å². The summed E-state index contributed by atoms with van der Waals surface area (Å²) >= 11 is 0. The smallest absolute Gasteiger partial charge is 0.255 e. The summed E-state index contributed by atoms with van der Waals surface area (Å²) in [6.07, 6.45) is 11.8. The van der Waals surface area contributed by atoms with E-state index in [-0.39, 0.29) is 17.7 Å². The number of pyridine rings is 2. The van der Waals surface area contributed by atoms with Crippen molar-refractivity contribution in [1.29, 1.82) is 0 Å². The number of amides is 2. The third kappa shape index (κ3) is 3.21. The second kappa shape index (κ2) is 6.89. The van der Waals surface area contributed by atoms with E-state index in [0.29, 0.717) is 23.5 Å². The zero-order chi connectivity index (χ0) is 19.1. The Labute approximate surface area is 163 Å². The second-order valence-corrected chi connectivity index (χ2v) is 7.91. The molecule has 0 spiro atoms. The quantitative estimate of drug-likeness (QED) is 0.835. The Morgan fingerprint density at radius 3 is 2.43 bits per heavy atom. The number of rotatable bonds is 5. The van der Waals surface area contributed by atoms with Gasteiger partial charge in [-0.2, -0.15) is 0 Å². The molecule has 0 atom stereocenters. The fourth-order valence-electron chi connectivity index (χ4n) is 4.42. The van der Waals surface area contributed by atoms with Crippen molar-refractivity contribution < 1.29 is 9.59 Å². The molecule has 3 aliphatic rings. The number of fused-ring (bicyclic) bond motifs is 2. The van der Waals surface area contributed by atoms with Crippen LogP contribution >= 0.6 is 0 Å². The van der Waals surface area contributed by atoms with Gasteiger partial charge in [0, 0.05) is 36.0 Å². The molecule has 2 aromatic rings. The van der Waals surface area contributed by atoms with Gasteiger partial charge in [-0.25, -0.2) is 4.98 Å². The van der Waals surface area contributed by atoms with Crippen molar-refractivity contribution in [2.24, 2.45) is 5.92 Å². The Morgan fingerprint density at radius 2 is 1.71 bits per heavy atom. The van der Waals surface area contributed by atoms with Crippen molar-refractivity contribution in [3.05, 3.63) is 42.4 Å². The van der Waals surface area contributed by atoms with E-state index < -0.39 is 0 Å². The molecule has 4 heterocycles. The highest BCUT2D eigenvalue weighted by Gasteiger charge is 2.40. The topological polar surface area (TPSA) is 87.2 Å². The van der Waals surface area contributed by atoms with Gasteiger partial charge in [-0.05, 0) is 56.7 Å². The molecule has 144 valence electrons. The lowest BCUT2D eigenvalue weighted by Crippen LogP contribution is -2.29. The molecule has 2 saturated heterocycles. The van der Waals surface area contributed by atoms with Crippen LogP contribution in [0.1, 0.15) is 48.9 Å². The molecule has 0 radical (unpaired) electrons. The lowest BCUT2D eigenvalue weighted by atomic mass is 10.0. The molecule has 0 unspecified atom stereocenters.